The molecule has 1 aliphatic heterocycles. The van der Waals surface area contributed by atoms with Crippen molar-refractivity contribution in [1.82, 2.24) is 10.2 Å². The molecule has 2 atom stereocenters. The first-order valence-corrected chi connectivity index (χ1v) is 14.4. The van der Waals surface area contributed by atoms with Crippen molar-refractivity contribution in [3.63, 3.8) is 0 Å². The van der Waals surface area contributed by atoms with Crippen LogP contribution in [0.2, 0.25) is 10.0 Å². The first-order valence-electron chi connectivity index (χ1n) is 12.6. The molecule has 2 unspecified atom stereocenters. The second kappa shape index (κ2) is 13.5. The highest BCUT2D eigenvalue weighted by molar-refractivity contribution is 14.1. The average Bonchev–Trinajstić information content (AvgIpc) is 3.02. The molecule has 0 saturated carbocycles. The fourth-order valence-corrected chi connectivity index (χ4v) is 5.32. The van der Waals surface area contributed by atoms with E-state index in [0.717, 1.165) is 3.57 Å². The molecule has 0 spiro atoms. The third-order valence-electron chi connectivity index (χ3n) is 6.50. The molecular formula is C29H26Cl2IN3O5. The zero-order valence-corrected chi connectivity index (χ0v) is 24.9. The van der Waals surface area contributed by atoms with Crippen LogP contribution in [0, 0.1) is 3.57 Å². The minimum absolute atomic E-state index is 0.0553. The van der Waals surface area contributed by atoms with Gasteiger partial charge in [-0.15, -0.1) is 0 Å². The molecule has 3 aromatic carbocycles. The Bertz CT molecular complexity index is 1420. The molecule has 0 aromatic heterocycles. The highest BCUT2D eigenvalue weighted by Gasteiger charge is 2.43. The van der Waals surface area contributed by atoms with E-state index in [2.05, 4.69) is 33.2 Å². The van der Waals surface area contributed by atoms with Gasteiger partial charge in [0.25, 0.3) is 11.8 Å². The molecule has 1 aliphatic rings. The molecule has 40 heavy (non-hydrogen) atoms. The van der Waals surface area contributed by atoms with Crippen molar-refractivity contribution >= 4 is 75.2 Å². The Hall–Kier alpha value is -3.15. The molecule has 11 heteroatoms. The van der Waals surface area contributed by atoms with Crippen molar-refractivity contribution in [2.24, 2.45) is 0 Å². The van der Waals surface area contributed by atoms with Gasteiger partial charge in [0, 0.05) is 26.6 Å². The van der Waals surface area contributed by atoms with Gasteiger partial charge in [-0.3, -0.25) is 19.2 Å². The SMILES string of the molecule is O=C(O)CCCCCNC(=O)C(c1ccc(Cl)cc1)N1C(=O)c2cc(I)ccc2NC(=O)C1c1ccc(Cl)cc1. The molecule has 3 amide bonds. The summed E-state index contributed by atoms with van der Waals surface area (Å²) in [5, 5.41) is 15.5. The summed E-state index contributed by atoms with van der Waals surface area (Å²) >= 11 is 14.3. The van der Waals surface area contributed by atoms with Crippen LogP contribution < -0.4 is 10.6 Å². The quantitative estimate of drug-likeness (QED) is 0.172. The second-order valence-electron chi connectivity index (χ2n) is 9.30. The maximum absolute atomic E-state index is 14.3. The van der Waals surface area contributed by atoms with Crippen LogP contribution in [0.25, 0.3) is 0 Å². The molecule has 1 heterocycles. The van der Waals surface area contributed by atoms with Crippen LogP contribution in [-0.4, -0.2) is 40.2 Å². The predicted molar refractivity (Wildman–Crippen MR) is 161 cm³/mol. The van der Waals surface area contributed by atoms with Gasteiger partial charge in [0.15, 0.2) is 0 Å². The molecular weight excluding hydrogens is 668 g/mol. The minimum atomic E-state index is -1.18. The van der Waals surface area contributed by atoms with E-state index in [9.17, 15) is 19.2 Å². The lowest BCUT2D eigenvalue weighted by molar-refractivity contribution is -0.137. The van der Waals surface area contributed by atoms with E-state index in [1.165, 1.54) is 4.90 Å². The zero-order chi connectivity index (χ0) is 28.8. The number of aliphatic carboxylic acids is 1. The summed E-state index contributed by atoms with van der Waals surface area (Å²) in [6.07, 6.45) is 1.72. The summed E-state index contributed by atoms with van der Waals surface area (Å²) in [7, 11) is 0. The van der Waals surface area contributed by atoms with Gasteiger partial charge in [-0.05, 0) is 89.0 Å². The van der Waals surface area contributed by atoms with Gasteiger partial charge in [-0.25, -0.2) is 0 Å². The van der Waals surface area contributed by atoms with Crippen LogP contribution in [0.15, 0.2) is 66.7 Å². The number of nitrogens with zero attached hydrogens (tertiary/aromatic N) is 1. The minimum Gasteiger partial charge on any atom is -0.481 e. The number of amides is 3. The molecule has 0 fully saturated rings. The summed E-state index contributed by atoms with van der Waals surface area (Å²) in [6.45, 7) is 0.275. The third kappa shape index (κ3) is 7.13. The smallest absolute Gasteiger partial charge is 0.303 e. The van der Waals surface area contributed by atoms with Gasteiger partial charge in [0.1, 0.15) is 12.1 Å². The summed E-state index contributed by atoms with van der Waals surface area (Å²) in [5.74, 6) is -2.32. The van der Waals surface area contributed by atoms with Gasteiger partial charge in [-0.2, -0.15) is 0 Å². The van der Waals surface area contributed by atoms with Crippen LogP contribution in [-0.2, 0) is 14.4 Å². The molecule has 0 bridgehead atoms. The molecule has 0 radical (unpaired) electrons. The van der Waals surface area contributed by atoms with Crippen LogP contribution in [0.3, 0.4) is 0 Å². The van der Waals surface area contributed by atoms with Crippen LogP contribution >= 0.6 is 45.8 Å². The Morgan fingerprint density at radius 3 is 2.25 bits per heavy atom. The van der Waals surface area contributed by atoms with Gasteiger partial charge in [0.2, 0.25) is 5.91 Å². The fourth-order valence-electron chi connectivity index (χ4n) is 4.58. The van der Waals surface area contributed by atoms with E-state index in [1.807, 2.05) is 0 Å². The second-order valence-corrected chi connectivity index (χ2v) is 11.4. The number of carbonyl (C=O) groups excluding carboxylic acids is 3. The first kappa shape index (κ1) is 29.8. The van der Waals surface area contributed by atoms with Crippen LogP contribution in [0.5, 0.6) is 0 Å². The van der Waals surface area contributed by atoms with Crippen molar-refractivity contribution < 1.29 is 24.3 Å². The van der Waals surface area contributed by atoms with Crippen LogP contribution in [0.1, 0.15) is 59.3 Å². The normalized spacial score (nSPS) is 15.6. The number of hydrogen-bond acceptors (Lipinski definition) is 4. The van der Waals surface area contributed by atoms with Crippen molar-refractivity contribution in [2.45, 2.75) is 37.8 Å². The summed E-state index contributed by atoms with van der Waals surface area (Å²) in [6, 6.07) is 15.9. The Morgan fingerprint density at radius 2 is 1.60 bits per heavy atom. The summed E-state index contributed by atoms with van der Waals surface area (Å²) in [5.41, 5.74) is 1.57. The first-order chi connectivity index (χ1) is 19.2. The van der Waals surface area contributed by atoms with E-state index < -0.39 is 35.8 Å². The third-order valence-corrected chi connectivity index (χ3v) is 7.67. The van der Waals surface area contributed by atoms with E-state index in [4.69, 9.17) is 28.3 Å². The topological polar surface area (TPSA) is 116 Å². The highest BCUT2D eigenvalue weighted by atomic mass is 127. The Labute approximate surface area is 255 Å². The maximum atomic E-state index is 14.3. The molecule has 0 saturated heterocycles. The van der Waals surface area contributed by atoms with Gasteiger partial charge >= 0.3 is 5.97 Å². The number of nitrogens with one attached hydrogen (secondary N) is 2. The number of rotatable bonds is 10. The molecule has 3 N–H and O–H groups in total. The van der Waals surface area contributed by atoms with Crippen molar-refractivity contribution in [3.8, 4) is 0 Å². The van der Waals surface area contributed by atoms with Crippen molar-refractivity contribution in [1.29, 1.82) is 0 Å². The zero-order valence-electron chi connectivity index (χ0n) is 21.2. The standard InChI is InChI=1S/C29H26Cl2IN3O5/c30-19-9-5-17(6-10-19)25(27(38)33-15-3-1-2-4-24(36)37)35-26(18-7-11-20(31)12-8-18)28(39)34-23-14-13-21(32)16-22(23)29(35)40/h5-14,16,25-26H,1-4,15H2,(H,33,38)(H,34,39)(H,36,37). The average molecular weight is 694 g/mol. The lowest BCUT2D eigenvalue weighted by atomic mass is 9.97. The summed E-state index contributed by atoms with van der Waals surface area (Å²) in [4.78, 5) is 54.0. The number of carboxylic acid groups (broad SMARTS) is 1. The Kier molecular flexibility index (Phi) is 10.0. The maximum Gasteiger partial charge on any atom is 0.303 e. The lowest BCUT2D eigenvalue weighted by Gasteiger charge is -2.35. The predicted octanol–water partition coefficient (Wildman–Crippen LogP) is 6.24. The van der Waals surface area contributed by atoms with E-state index in [1.54, 1.807) is 66.7 Å². The highest BCUT2D eigenvalue weighted by Crippen LogP contribution is 2.38. The number of carboxylic acids is 1. The molecule has 8 nitrogen and oxygen atoms in total. The number of fused-ring (bicyclic) bond motifs is 1. The Morgan fingerprint density at radius 1 is 0.950 bits per heavy atom. The molecule has 0 aliphatic carbocycles. The number of carbonyl (C=O) groups is 4. The lowest BCUT2D eigenvalue weighted by Crippen LogP contribution is -2.47. The molecule has 4 rings (SSSR count). The van der Waals surface area contributed by atoms with Crippen molar-refractivity contribution in [2.75, 3.05) is 11.9 Å². The van der Waals surface area contributed by atoms with Crippen molar-refractivity contribution in [3.05, 3.63) is 97.0 Å². The largest absolute Gasteiger partial charge is 0.481 e. The Balaban J connectivity index is 1.77. The summed E-state index contributed by atoms with van der Waals surface area (Å²) < 4.78 is 0.790. The van der Waals surface area contributed by atoms with Gasteiger partial charge in [0.05, 0.1) is 11.3 Å². The van der Waals surface area contributed by atoms with E-state index in [0.29, 0.717) is 46.1 Å². The number of anilines is 1. The van der Waals surface area contributed by atoms with Gasteiger partial charge < -0.3 is 20.6 Å². The number of unbranched alkanes of at least 4 members (excludes halogenated alkanes) is 2. The van der Waals surface area contributed by atoms with Crippen LogP contribution in [0.4, 0.5) is 5.69 Å². The number of halogens is 3. The molecule has 3 aromatic rings. The number of hydrogen-bond donors (Lipinski definition) is 3. The molecule has 208 valence electrons. The van der Waals surface area contributed by atoms with E-state index >= 15 is 0 Å². The monoisotopic (exact) mass is 693 g/mol. The number of benzene rings is 3. The van der Waals surface area contributed by atoms with E-state index in [-0.39, 0.29) is 18.5 Å². The fraction of sp³-hybridized carbons (Fsp3) is 0.241. The van der Waals surface area contributed by atoms with Gasteiger partial charge in [-0.1, -0.05) is 53.9 Å².